The molecule has 3 aromatic rings. The Balaban J connectivity index is 1.51. The molecule has 0 radical (unpaired) electrons. The first kappa shape index (κ1) is 25.5. The van der Waals surface area contributed by atoms with Crippen LogP contribution in [0.25, 0.3) is 11.4 Å². The zero-order valence-corrected chi connectivity index (χ0v) is 21.2. The lowest BCUT2D eigenvalue weighted by molar-refractivity contribution is 0.0731. The van der Waals surface area contributed by atoms with Gasteiger partial charge in [-0.3, -0.25) is 14.7 Å². The molecule has 3 amide bonds. The van der Waals surface area contributed by atoms with Crippen molar-refractivity contribution in [3.63, 3.8) is 0 Å². The van der Waals surface area contributed by atoms with E-state index in [0.717, 1.165) is 22.6 Å². The smallest absolute Gasteiger partial charge is 0.319 e. The second-order valence-corrected chi connectivity index (χ2v) is 9.36. The predicted molar refractivity (Wildman–Crippen MR) is 141 cm³/mol. The molecule has 2 aliphatic rings. The van der Waals surface area contributed by atoms with Gasteiger partial charge in [0.1, 0.15) is 12.5 Å². The molecule has 0 saturated carbocycles. The van der Waals surface area contributed by atoms with Crippen molar-refractivity contribution in [1.82, 2.24) is 19.9 Å². The van der Waals surface area contributed by atoms with Gasteiger partial charge in [-0.25, -0.2) is 19.2 Å². The van der Waals surface area contributed by atoms with Crippen molar-refractivity contribution in [1.29, 1.82) is 0 Å². The molecule has 2 aliphatic heterocycles. The lowest BCUT2D eigenvalue weighted by Gasteiger charge is -2.37. The fraction of sp³-hybridized carbons (Fsp3) is 0.370. The van der Waals surface area contributed by atoms with Crippen molar-refractivity contribution in [2.24, 2.45) is 5.73 Å². The summed E-state index contributed by atoms with van der Waals surface area (Å²) in [5.74, 6) is 1.28. The first-order valence-electron chi connectivity index (χ1n) is 12.6. The van der Waals surface area contributed by atoms with Crippen LogP contribution >= 0.6 is 0 Å². The number of hydrogen-bond acceptors (Lipinski definition) is 7. The van der Waals surface area contributed by atoms with Crippen LogP contribution in [-0.4, -0.2) is 77.4 Å². The third-order valence-corrected chi connectivity index (χ3v) is 6.89. The average Bonchev–Trinajstić information content (AvgIpc) is 2.95. The summed E-state index contributed by atoms with van der Waals surface area (Å²) in [6.07, 6.45) is 3.85. The van der Waals surface area contributed by atoms with Gasteiger partial charge in [-0.15, -0.1) is 0 Å². The third kappa shape index (κ3) is 5.14. The number of ether oxygens (including phenoxy) is 1. The summed E-state index contributed by atoms with van der Waals surface area (Å²) in [4.78, 5) is 44.1. The van der Waals surface area contributed by atoms with E-state index in [9.17, 15) is 14.0 Å². The van der Waals surface area contributed by atoms with Crippen molar-refractivity contribution in [3.05, 3.63) is 65.6 Å². The molecule has 11 heteroatoms. The molecule has 38 heavy (non-hydrogen) atoms. The highest BCUT2D eigenvalue weighted by molar-refractivity contribution is 5.94. The summed E-state index contributed by atoms with van der Waals surface area (Å²) >= 11 is 0. The Bertz CT molecular complexity index is 1310. The number of fused-ring (bicyclic) bond motifs is 1. The summed E-state index contributed by atoms with van der Waals surface area (Å²) in [6.45, 7) is 4.11. The maximum Gasteiger partial charge on any atom is 0.319 e. The topological polar surface area (TPSA) is 118 Å². The average molecular weight is 520 g/mol. The third-order valence-electron chi connectivity index (χ3n) is 6.89. The Hall–Kier alpha value is -4.12. The number of amides is 3. The molecule has 0 bridgehead atoms. The highest BCUT2D eigenvalue weighted by Crippen LogP contribution is 2.32. The highest BCUT2D eigenvalue weighted by Gasteiger charge is 2.30. The second kappa shape index (κ2) is 11.1. The summed E-state index contributed by atoms with van der Waals surface area (Å²) < 4.78 is 18.6. The summed E-state index contributed by atoms with van der Waals surface area (Å²) in [7, 11) is 0. The van der Waals surface area contributed by atoms with Crippen LogP contribution in [0.4, 0.5) is 20.7 Å². The number of nitrogens with two attached hydrogens (primary N) is 1. The van der Waals surface area contributed by atoms with Gasteiger partial charge < -0.3 is 20.3 Å². The Labute approximate surface area is 220 Å². The van der Waals surface area contributed by atoms with E-state index in [1.807, 2.05) is 0 Å². The minimum atomic E-state index is -0.720. The number of aromatic nitrogens is 3. The number of carbonyl (C=O) groups excluding carboxylic acids is 2. The number of benzene rings is 1. The van der Waals surface area contributed by atoms with Crippen LogP contribution in [-0.2, 0) is 17.7 Å². The zero-order valence-electron chi connectivity index (χ0n) is 21.2. The summed E-state index contributed by atoms with van der Waals surface area (Å²) in [6, 6.07) is 9.91. The van der Waals surface area contributed by atoms with Crippen LogP contribution in [0.1, 0.15) is 28.5 Å². The highest BCUT2D eigenvalue weighted by atomic mass is 19.1. The molecule has 2 aromatic heterocycles. The largest absolute Gasteiger partial charge is 0.377 e. The molecule has 0 spiro atoms. The maximum atomic E-state index is 13.2. The lowest BCUT2D eigenvalue weighted by Crippen LogP contribution is -2.45. The first-order valence-corrected chi connectivity index (χ1v) is 12.6. The van der Waals surface area contributed by atoms with Gasteiger partial charge in [0.05, 0.1) is 43.6 Å². The van der Waals surface area contributed by atoms with E-state index in [1.165, 1.54) is 4.90 Å². The predicted octanol–water partition coefficient (Wildman–Crippen LogP) is 2.82. The Morgan fingerprint density at radius 3 is 2.68 bits per heavy atom. The molecule has 4 heterocycles. The van der Waals surface area contributed by atoms with Crippen LogP contribution in [0.5, 0.6) is 0 Å². The molecule has 0 aliphatic carbocycles. The summed E-state index contributed by atoms with van der Waals surface area (Å²) in [5, 5.41) is 0. The molecule has 1 aromatic carbocycles. The number of pyridine rings is 1. The minimum absolute atomic E-state index is 0.0889. The molecule has 1 saturated heterocycles. The Kier molecular flexibility index (Phi) is 7.45. The van der Waals surface area contributed by atoms with E-state index in [-0.39, 0.29) is 18.5 Å². The van der Waals surface area contributed by atoms with Crippen LogP contribution in [0.15, 0.2) is 48.8 Å². The van der Waals surface area contributed by atoms with Gasteiger partial charge in [0.15, 0.2) is 5.82 Å². The van der Waals surface area contributed by atoms with Crippen molar-refractivity contribution in [2.75, 3.05) is 49.3 Å². The van der Waals surface area contributed by atoms with Crippen molar-refractivity contribution in [2.45, 2.75) is 25.9 Å². The van der Waals surface area contributed by atoms with Gasteiger partial charge in [0.25, 0.3) is 5.91 Å². The van der Waals surface area contributed by atoms with E-state index < -0.39 is 12.7 Å². The normalized spacial score (nSPS) is 17.2. The zero-order chi connectivity index (χ0) is 26.6. The quantitative estimate of drug-likeness (QED) is 0.532. The van der Waals surface area contributed by atoms with Gasteiger partial charge in [0.2, 0.25) is 0 Å². The maximum absolute atomic E-state index is 13.2. The van der Waals surface area contributed by atoms with Crippen molar-refractivity contribution >= 4 is 23.4 Å². The molecular formula is C27H30FN7O3. The molecule has 198 valence electrons. The number of alkyl halides is 1. The first-order chi connectivity index (χ1) is 18.5. The number of hydrogen-bond donors (Lipinski definition) is 1. The fourth-order valence-electron chi connectivity index (χ4n) is 4.91. The number of morpholine rings is 1. The number of rotatable bonds is 6. The molecule has 1 atom stereocenters. The second-order valence-electron chi connectivity index (χ2n) is 9.36. The van der Waals surface area contributed by atoms with E-state index >= 15 is 0 Å². The van der Waals surface area contributed by atoms with Gasteiger partial charge in [-0.2, -0.15) is 0 Å². The van der Waals surface area contributed by atoms with E-state index in [4.69, 9.17) is 20.4 Å². The number of primary amides is 1. The SMILES string of the molecule is CC1COCCN1c1nc(-c2ccc(N(CCF)C(N)=O)cc2)nc2c1CCN(C(=O)c1cccnc1)C2. The van der Waals surface area contributed by atoms with Crippen LogP contribution < -0.4 is 15.5 Å². The van der Waals surface area contributed by atoms with E-state index in [1.54, 1.807) is 53.7 Å². The number of anilines is 2. The van der Waals surface area contributed by atoms with Crippen LogP contribution in [0.2, 0.25) is 0 Å². The fourth-order valence-corrected chi connectivity index (χ4v) is 4.91. The van der Waals surface area contributed by atoms with Crippen molar-refractivity contribution in [3.8, 4) is 11.4 Å². The molecule has 2 N–H and O–H groups in total. The van der Waals surface area contributed by atoms with Crippen molar-refractivity contribution < 1.29 is 18.7 Å². The molecular weight excluding hydrogens is 489 g/mol. The van der Waals surface area contributed by atoms with Gasteiger partial charge in [-0.05, 0) is 49.7 Å². The standard InChI is InChI=1S/C27H30FN7O3/c1-18-17-38-14-13-34(18)25-22-8-11-33(26(36)20-3-2-10-30-15-20)16-23(22)31-24(32-25)19-4-6-21(7-5-19)35(12-9-28)27(29)37/h2-7,10,15,18H,8-9,11-14,16-17H2,1H3,(H2,29,37). The number of urea groups is 1. The molecule has 1 unspecified atom stereocenters. The summed E-state index contributed by atoms with van der Waals surface area (Å²) in [5.41, 5.74) is 9.02. The van der Waals surface area contributed by atoms with Crippen LogP contribution in [0, 0.1) is 0 Å². The Morgan fingerprint density at radius 1 is 1.18 bits per heavy atom. The monoisotopic (exact) mass is 519 g/mol. The van der Waals surface area contributed by atoms with Crippen LogP contribution in [0.3, 0.4) is 0 Å². The van der Waals surface area contributed by atoms with E-state index in [2.05, 4.69) is 16.8 Å². The minimum Gasteiger partial charge on any atom is -0.377 e. The molecule has 1 fully saturated rings. The molecule has 5 rings (SSSR count). The van der Waals surface area contributed by atoms with Gasteiger partial charge in [0, 0.05) is 42.3 Å². The number of carbonyl (C=O) groups is 2. The Morgan fingerprint density at radius 2 is 2.00 bits per heavy atom. The van der Waals surface area contributed by atoms with E-state index in [0.29, 0.717) is 56.3 Å². The number of halogens is 1. The number of nitrogens with zero attached hydrogens (tertiary/aromatic N) is 6. The molecule has 10 nitrogen and oxygen atoms in total. The van der Waals surface area contributed by atoms with Gasteiger partial charge >= 0.3 is 6.03 Å². The van der Waals surface area contributed by atoms with Gasteiger partial charge in [-0.1, -0.05) is 0 Å². The lowest BCUT2D eigenvalue weighted by atomic mass is 10.0.